The largest absolute Gasteiger partial charge is 0.352 e. The molecular formula is C26H32F2O2. The Morgan fingerprint density at radius 1 is 0.900 bits per heavy atom. The minimum atomic E-state index is -0.303. The molecule has 2 aromatic carbocycles. The molecule has 0 N–H and O–H groups in total. The van der Waals surface area contributed by atoms with Gasteiger partial charge in [-0.15, -0.1) is 0 Å². The molecule has 2 aliphatic rings. The van der Waals surface area contributed by atoms with Crippen LogP contribution in [-0.2, 0) is 9.47 Å². The van der Waals surface area contributed by atoms with Crippen LogP contribution in [0.5, 0.6) is 0 Å². The molecule has 2 fully saturated rings. The van der Waals surface area contributed by atoms with Gasteiger partial charge in [0.15, 0.2) is 6.29 Å². The minimum absolute atomic E-state index is 0.0744. The summed E-state index contributed by atoms with van der Waals surface area (Å²) >= 11 is 0. The van der Waals surface area contributed by atoms with E-state index in [1.165, 1.54) is 12.5 Å². The van der Waals surface area contributed by atoms with Crippen LogP contribution in [0.2, 0.25) is 0 Å². The van der Waals surface area contributed by atoms with Gasteiger partial charge in [0.2, 0.25) is 0 Å². The van der Waals surface area contributed by atoms with E-state index in [9.17, 15) is 8.78 Å². The average Bonchev–Trinajstić information content (AvgIpc) is 2.77. The first kappa shape index (κ1) is 21.5. The number of benzene rings is 2. The summed E-state index contributed by atoms with van der Waals surface area (Å²) in [6, 6.07) is 10.3. The van der Waals surface area contributed by atoms with Gasteiger partial charge in [0.1, 0.15) is 11.6 Å². The Morgan fingerprint density at radius 2 is 1.63 bits per heavy atom. The van der Waals surface area contributed by atoms with Crippen LogP contribution >= 0.6 is 0 Å². The Kier molecular flexibility index (Phi) is 6.84. The zero-order valence-electron chi connectivity index (χ0n) is 18.0. The standard InChI is InChI=1S/C26H32F2O2/c1-3-4-18-15-29-26(30-16-18)20-9-7-19(8-10-20)21-11-12-23(25(28)13-21)22-6-5-17(2)24(27)14-22/h5-6,11-14,18-20,26H,3-4,7-10,15-16H2,1-2H3. The van der Waals surface area contributed by atoms with E-state index in [0.29, 0.717) is 34.4 Å². The van der Waals surface area contributed by atoms with Gasteiger partial charge < -0.3 is 9.47 Å². The molecule has 0 amide bonds. The van der Waals surface area contributed by atoms with Crippen molar-refractivity contribution in [3.05, 3.63) is 59.2 Å². The van der Waals surface area contributed by atoms with Crippen molar-refractivity contribution in [3.8, 4) is 11.1 Å². The van der Waals surface area contributed by atoms with Gasteiger partial charge in [-0.1, -0.05) is 37.6 Å². The Hall–Kier alpha value is -1.78. The van der Waals surface area contributed by atoms with Crippen molar-refractivity contribution < 1.29 is 18.3 Å². The summed E-state index contributed by atoms with van der Waals surface area (Å²) in [5.74, 6) is 0.742. The molecule has 4 heteroatoms. The van der Waals surface area contributed by atoms with Crippen LogP contribution in [0.25, 0.3) is 11.1 Å². The third-order valence-electron chi connectivity index (χ3n) is 6.79. The molecule has 4 rings (SSSR count). The summed E-state index contributed by atoms with van der Waals surface area (Å²) in [6.45, 7) is 5.53. The predicted octanol–water partition coefficient (Wildman–Crippen LogP) is 7.00. The number of rotatable bonds is 5. The van der Waals surface area contributed by atoms with Gasteiger partial charge in [-0.25, -0.2) is 8.78 Å². The summed E-state index contributed by atoms with van der Waals surface area (Å²) < 4.78 is 40.7. The van der Waals surface area contributed by atoms with Crippen LogP contribution in [0, 0.1) is 30.4 Å². The van der Waals surface area contributed by atoms with Crippen molar-refractivity contribution in [3.63, 3.8) is 0 Å². The van der Waals surface area contributed by atoms with Crippen LogP contribution in [0.15, 0.2) is 36.4 Å². The van der Waals surface area contributed by atoms with E-state index in [0.717, 1.165) is 50.9 Å². The van der Waals surface area contributed by atoms with Crippen molar-refractivity contribution in [2.75, 3.05) is 13.2 Å². The second kappa shape index (κ2) is 9.57. The molecule has 0 radical (unpaired) electrons. The molecule has 2 aromatic rings. The number of aryl methyl sites for hydroxylation is 1. The van der Waals surface area contributed by atoms with E-state index in [-0.39, 0.29) is 17.9 Å². The molecule has 0 aromatic heterocycles. The second-order valence-corrected chi connectivity index (χ2v) is 9.00. The summed E-state index contributed by atoms with van der Waals surface area (Å²) in [5, 5.41) is 0. The van der Waals surface area contributed by atoms with Gasteiger partial charge in [0.25, 0.3) is 0 Å². The molecule has 1 saturated carbocycles. The molecule has 30 heavy (non-hydrogen) atoms. The zero-order chi connectivity index (χ0) is 21.1. The van der Waals surface area contributed by atoms with Gasteiger partial charge in [-0.2, -0.15) is 0 Å². The average molecular weight is 415 g/mol. The lowest BCUT2D eigenvalue weighted by atomic mass is 9.78. The van der Waals surface area contributed by atoms with E-state index in [4.69, 9.17) is 9.47 Å². The smallest absolute Gasteiger partial charge is 0.160 e. The van der Waals surface area contributed by atoms with Gasteiger partial charge in [0, 0.05) is 17.4 Å². The molecule has 0 bridgehead atoms. The first-order valence-electron chi connectivity index (χ1n) is 11.3. The van der Waals surface area contributed by atoms with Gasteiger partial charge in [-0.3, -0.25) is 0 Å². The van der Waals surface area contributed by atoms with E-state index in [1.807, 2.05) is 6.07 Å². The highest BCUT2D eigenvalue weighted by atomic mass is 19.1. The summed E-state index contributed by atoms with van der Waals surface area (Å²) in [5.41, 5.74) is 2.64. The number of halogens is 2. The monoisotopic (exact) mass is 414 g/mol. The van der Waals surface area contributed by atoms with Gasteiger partial charge in [-0.05, 0) is 73.8 Å². The van der Waals surface area contributed by atoms with Crippen LogP contribution < -0.4 is 0 Å². The Bertz CT molecular complexity index is 850. The highest BCUT2D eigenvalue weighted by Crippen LogP contribution is 2.40. The van der Waals surface area contributed by atoms with E-state index >= 15 is 0 Å². The van der Waals surface area contributed by atoms with Crippen molar-refractivity contribution in [2.45, 2.75) is 64.6 Å². The predicted molar refractivity (Wildman–Crippen MR) is 115 cm³/mol. The lowest BCUT2D eigenvalue weighted by Crippen LogP contribution is -2.38. The van der Waals surface area contributed by atoms with Crippen LogP contribution in [0.4, 0.5) is 8.78 Å². The lowest BCUT2D eigenvalue weighted by molar-refractivity contribution is -0.229. The normalized spacial score (nSPS) is 27.2. The Morgan fingerprint density at radius 3 is 2.27 bits per heavy atom. The lowest BCUT2D eigenvalue weighted by Gasteiger charge is -2.37. The van der Waals surface area contributed by atoms with Crippen molar-refractivity contribution in [2.24, 2.45) is 11.8 Å². The van der Waals surface area contributed by atoms with Crippen molar-refractivity contribution in [1.29, 1.82) is 0 Å². The van der Waals surface area contributed by atoms with E-state index in [2.05, 4.69) is 6.92 Å². The molecule has 1 saturated heterocycles. The number of ether oxygens (including phenoxy) is 2. The van der Waals surface area contributed by atoms with Crippen LogP contribution in [-0.4, -0.2) is 19.5 Å². The quantitative estimate of drug-likeness (QED) is 0.524. The molecule has 162 valence electrons. The highest BCUT2D eigenvalue weighted by molar-refractivity contribution is 5.65. The second-order valence-electron chi connectivity index (χ2n) is 9.00. The Balaban J connectivity index is 1.36. The van der Waals surface area contributed by atoms with Crippen LogP contribution in [0.1, 0.15) is 62.5 Å². The fourth-order valence-corrected chi connectivity index (χ4v) is 4.91. The molecular weight excluding hydrogens is 382 g/mol. The minimum Gasteiger partial charge on any atom is -0.352 e. The first-order chi connectivity index (χ1) is 14.5. The molecule has 0 unspecified atom stereocenters. The topological polar surface area (TPSA) is 18.5 Å². The maximum absolute atomic E-state index is 14.8. The molecule has 2 nitrogen and oxygen atoms in total. The first-order valence-corrected chi connectivity index (χ1v) is 11.3. The number of hydrogen-bond acceptors (Lipinski definition) is 2. The zero-order valence-corrected chi connectivity index (χ0v) is 18.0. The SMILES string of the molecule is CCCC1COC(C2CCC(c3ccc(-c4ccc(C)c(F)c4)c(F)c3)CC2)OC1. The third-order valence-corrected chi connectivity index (χ3v) is 6.79. The fourth-order valence-electron chi connectivity index (χ4n) is 4.91. The van der Waals surface area contributed by atoms with Crippen molar-refractivity contribution in [1.82, 2.24) is 0 Å². The van der Waals surface area contributed by atoms with Crippen molar-refractivity contribution >= 4 is 0 Å². The summed E-state index contributed by atoms with van der Waals surface area (Å²) in [4.78, 5) is 0. The summed E-state index contributed by atoms with van der Waals surface area (Å²) in [7, 11) is 0. The molecule has 1 aliphatic heterocycles. The summed E-state index contributed by atoms with van der Waals surface area (Å²) in [6.07, 6.45) is 6.38. The molecule has 0 atom stereocenters. The molecule has 0 spiro atoms. The highest BCUT2D eigenvalue weighted by Gasteiger charge is 2.32. The van der Waals surface area contributed by atoms with E-state index in [1.54, 1.807) is 31.2 Å². The fraction of sp³-hybridized carbons (Fsp3) is 0.538. The molecule has 1 aliphatic carbocycles. The number of hydrogen-bond donors (Lipinski definition) is 0. The van der Waals surface area contributed by atoms with E-state index < -0.39 is 0 Å². The maximum Gasteiger partial charge on any atom is 0.160 e. The van der Waals surface area contributed by atoms with Gasteiger partial charge >= 0.3 is 0 Å². The van der Waals surface area contributed by atoms with Gasteiger partial charge in [0.05, 0.1) is 13.2 Å². The maximum atomic E-state index is 14.8. The third kappa shape index (κ3) is 4.76. The molecule has 1 heterocycles. The Labute approximate surface area is 178 Å². The van der Waals surface area contributed by atoms with Crippen LogP contribution in [0.3, 0.4) is 0 Å².